The predicted molar refractivity (Wildman–Crippen MR) is 111 cm³/mol. The van der Waals surface area contributed by atoms with E-state index in [4.69, 9.17) is 11.1 Å². The number of ketones is 1. The summed E-state index contributed by atoms with van der Waals surface area (Å²) in [5.41, 5.74) is 14.5. The van der Waals surface area contributed by atoms with Crippen molar-refractivity contribution in [2.24, 2.45) is 22.1 Å². The molecular formula is C19H20N4O7S2. The molecule has 32 heavy (non-hydrogen) atoms. The Morgan fingerprint density at radius 3 is 1.47 bits per heavy atom. The molecule has 4 N–H and O–H groups in total. The Hall–Kier alpha value is -2.87. The van der Waals surface area contributed by atoms with E-state index in [1.807, 2.05) is 0 Å². The number of benzene rings is 2. The van der Waals surface area contributed by atoms with Crippen molar-refractivity contribution in [3.8, 4) is 0 Å². The summed E-state index contributed by atoms with van der Waals surface area (Å²) in [6.07, 6.45) is 0.954. The molecule has 1 fully saturated rings. The molecule has 1 aliphatic rings. The quantitative estimate of drug-likeness (QED) is 0.324. The molecule has 1 aliphatic carbocycles. The number of nitrogens with one attached hydrogen (secondary N) is 2. The van der Waals surface area contributed by atoms with Gasteiger partial charge in [-0.25, -0.2) is 11.1 Å². The molecule has 0 aromatic heterocycles. The fourth-order valence-corrected chi connectivity index (χ4v) is 5.50. The fraction of sp³-hybridized carbons (Fsp3) is 0.316. The average Bonchev–Trinajstić information content (AvgIpc) is 3.06. The molecule has 2 aromatic rings. The first kappa shape index (κ1) is 23.8. The number of Topliss-reactive ketones (excluding diaryl/α,β-unsaturated/α-hetero) is 1. The minimum absolute atomic E-state index is 0.0394. The third-order valence-corrected chi connectivity index (χ3v) is 7.39. The third-order valence-electron chi connectivity index (χ3n) is 5.52. The van der Waals surface area contributed by atoms with Gasteiger partial charge in [0.15, 0.2) is 0 Å². The summed E-state index contributed by atoms with van der Waals surface area (Å²) in [7, 11) is -9.18. The monoisotopic (exact) mass is 480 g/mol. The van der Waals surface area contributed by atoms with Gasteiger partial charge in [-0.05, 0) is 61.1 Å². The highest BCUT2D eigenvalue weighted by Crippen LogP contribution is 2.36. The summed E-state index contributed by atoms with van der Waals surface area (Å²) in [4.78, 5) is 12.1. The number of hydrogen-bond acceptors (Lipinski definition) is 9. The summed E-state index contributed by atoms with van der Waals surface area (Å²) in [5, 5.41) is 6.30. The van der Waals surface area contributed by atoms with E-state index in [-0.39, 0.29) is 41.1 Å². The normalized spacial score (nSPS) is 19.1. The van der Waals surface area contributed by atoms with Gasteiger partial charge >= 0.3 is 0 Å². The lowest BCUT2D eigenvalue weighted by Gasteiger charge is -2.14. The molecule has 2 unspecified atom stereocenters. The SMILES string of the molecule is N=Nc1ccc(CC2CCC(Cc3ccc(N=N)cc3S(=O)(=O)O)C2=O)c(S(=O)(=O)O)c1. The molecule has 0 heterocycles. The molecule has 3 rings (SSSR count). The van der Waals surface area contributed by atoms with Crippen molar-refractivity contribution < 1.29 is 30.7 Å². The highest BCUT2D eigenvalue weighted by molar-refractivity contribution is 7.86. The van der Waals surface area contributed by atoms with Crippen LogP contribution in [0.2, 0.25) is 0 Å². The van der Waals surface area contributed by atoms with Crippen molar-refractivity contribution in [3.05, 3.63) is 47.5 Å². The Labute approximate surface area is 184 Å². The molecule has 0 saturated heterocycles. The number of carbonyl (C=O) groups excluding carboxylic acids is 1. The van der Waals surface area contributed by atoms with E-state index >= 15 is 0 Å². The van der Waals surface area contributed by atoms with Gasteiger partial charge in [-0.2, -0.15) is 27.1 Å². The Morgan fingerprint density at radius 1 is 0.781 bits per heavy atom. The number of carbonyl (C=O) groups is 1. The number of nitrogens with zero attached hydrogens (tertiary/aromatic N) is 2. The summed E-state index contributed by atoms with van der Waals surface area (Å²) in [6.45, 7) is 0. The first-order valence-electron chi connectivity index (χ1n) is 9.43. The molecular weight excluding hydrogens is 460 g/mol. The molecule has 11 nitrogen and oxygen atoms in total. The molecule has 2 aromatic carbocycles. The predicted octanol–water partition coefficient (Wildman–Crippen LogP) is 3.89. The van der Waals surface area contributed by atoms with Crippen molar-refractivity contribution in [1.82, 2.24) is 0 Å². The average molecular weight is 481 g/mol. The van der Waals surface area contributed by atoms with Gasteiger partial charge < -0.3 is 0 Å². The highest BCUT2D eigenvalue weighted by Gasteiger charge is 2.36. The second-order valence-electron chi connectivity index (χ2n) is 7.54. The number of hydrogen-bond donors (Lipinski definition) is 4. The Bertz CT molecular complexity index is 1210. The largest absolute Gasteiger partial charge is 0.299 e. The van der Waals surface area contributed by atoms with Crippen molar-refractivity contribution in [3.63, 3.8) is 0 Å². The van der Waals surface area contributed by atoms with E-state index < -0.39 is 41.9 Å². The zero-order valence-corrected chi connectivity index (χ0v) is 18.2. The van der Waals surface area contributed by atoms with Gasteiger partial charge in [-0.3, -0.25) is 13.9 Å². The summed E-state index contributed by atoms with van der Waals surface area (Å²) in [6, 6.07) is 7.74. The van der Waals surface area contributed by atoms with Gasteiger partial charge in [0.25, 0.3) is 20.2 Å². The van der Waals surface area contributed by atoms with Crippen LogP contribution in [0.3, 0.4) is 0 Å². The maximum atomic E-state index is 13.0. The molecule has 0 spiro atoms. The minimum atomic E-state index is -4.59. The Balaban J connectivity index is 1.84. The first-order chi connectivity index (χ1) is 14.9. The Kier molecular flexibility index (Phi) is 6.64. The van der Waals surface area contributed by atoms with Crippen LogP contribution >= 0.6 is 0 Å². The first-order valence-corrected chi connectivity index (χ1v) is 12.3. The molecule has 0 amide bonds. The van der Waals surface area contributed by atoms with E-state index in [1.54, 1.807) is 0 Å². The van der Waals surface area contributed by atoms with Crippen molar-refractivity contribution >= 4 is 37.4 Å². The van der Waals surface area contributed by atoms with Gasteiger partial charge in [-0.1, -0.05) is 12.1 Å². The summed E-state index contributed by atoms with van der Waals surface area (Å²) < 4.78 is 65.9. The lowest BCUT2D eigenvalue weighted by atomic mass is 9.92. The van der Waals surface area contributed by atoms with Crippen LogP contribution < -0.4 is 0 Å². The smallest absolute Gasteiger partial charge is 0.294 e. The van der Waals surface area contributed by atoms with Crippen LogP contribution in [0.1, 0.15) is 24.0 Å². The van der Waals surface area contributed by atoms with Crippen LogP contribution in [-0.2, 0) is 37.9 Å². The van der Waals surface area contributed by atoms with Gasteiger partial charge in [0.1, 0.15) is 5.78 Å². The standard InChI is InChI=1S/C19H20N4O7S2/c20-22-15-5-3-11(17(9-15)31(25,26)27)7-13-1-2-14(19(13)24)8-12-4-6-16(23-21)10-18(12)32(28,29)30/h3-6,9-10,13-14,20-21H,1-2,7-8H2,(H,25,26,27)(H,28,29,30). The summed E-state index contributed by atoms with van der Waals surface area (Å²) in [5.74, 6) is -1.27. The molecule has 2 atom stereocenters. The maximum Gasteiger partial charge on any atom is 0.294 e. The second-order valence-corrected chi connectivity index (χ2v) is 10.3. The number of rotatable bonds is 8. The topological polar surface area (TPSA) is 198 Å². The lowest BCUT2D eigenvalue weighted by molar-refractivity contribution is -0.123. The van der Waals surface area contributed by atoms with Crippen LogP contribution in [0.4, 0.5) is 11.4 Å². The molecule has 0 radical (unpaired) electrons. The van der Waals surface area contributed by atoms with E-state index in [1.165, 1.54) is 24.3 Å². The van der Waals surface area contributed by atoms with Gasteiger partial charge in [0.2, 0.25) is 0 Å². The van der Waals surface area contributed by atoms with Crippen molar-refractivity contribution in [2.75, 3.05) is 0 Å². The fourth-order valence-electron chi connectivity index (χ4n) is 4.00. The lowest BCUT2D eigenvalue weighted by Crippen LogP contribution is -2.19. The van der Waals surface area contributed by atoms with Gasteiger partial charge in [0.05, 0.1) is 21.2 Å². The minimum Gasteiger partial charge on any atom is -0.299 e. The van der Waals surface area contributed by atoms with E-state index in [9.17, 15) is 30.7 Å². The van der Waals surface area contributed by atoms with Crippen molar-refractivity contribution in [1.29, 1.82) is 11.1 Å². The molecule has 1 saturated carbocycles. The zero-order valence-electron chi connectivity index (χ0n) is 16.6. The molecule has 13 heteroatoms. The zero-order chi connectivity index (χ0) is 23.7. The van der Waals surface area contributed by atoms with Crippen LogP contribution in [-0.4, -0.2) is 31.7 Å². The van der Waals surface area contributed by atoms with Crippen molar-refractivity contribution in [2.45, 2.75) is 35.5 Å². The Morgan fingerprint density at radius 2 is 1.16 bits per heavy atom. The van der Waals surface area contributed by atoms with E-state index in [0.29, 0.717) is 12.8 Å². The second kappa shape index (κ2) is 8.94. The van der Waals surface area contributed by atoms with Crippen LogP contribution in [0.25, 0.3) is 0 Å². The molecule has 0 bridgehead atoms. The van der Waals surface area contributed by atoms with E-state index in [2.05, 4.69) is 10.2 Å². The summed E-state index contributed by atoms with van der Waals surface area (Å²) >= 11 is 0. The molecule has 0 aliphatic heterocycles. The van der Waals surface area contributed by atoms with Gasteiger partial charge in [-0.15, -0.1) is 0 Å². The van der Waals surface area contributed by atoms with Gasteiger partial charge in [0, 0.05) is 11.8 Å². The molecule has 170 valence electrons. The van der Waals surface area contributed by atoms with E-state index in [0.717, 1.165) is 12.1 Å². The van der Waals surface area contributed by atoms with Crippen LogP contribution in [0.15, 0.2) is 56.4 Å². The highest BCUT2D eigenvalue weighted by atomic mass is 32.2. The maximum absolute atomic E-state index is 13.0. The third kappa shape index (κ3) is 5.12. The van der Waals surface area contributed by atoms with Crippen LogP contribution in [0.5, 0.6) is 0 Å². The van der Waals surface area contributed by atoms with Crippen LogP contribution in [0, 0.1) is 22.9 Å².